The van der Waals surface area contributed by atoms with Gasteiger partial charge in [-0.15, -0.1) is 0 Å². The smallest absolute Gasteiger partial charge is 0.314 e. The molecule has 0 aliphatic heterocycles. The van der Waals surface area contributed by atoms with Crippen molar-refractivity contribution in [2.24, 2.45) is 7.05 Å². The predicted molar refractivity (Wildman–Crippen MR) is 61.5 cm³/mol. The van der Waals surface area contributed by atoms with Gasteiger partial charge < -0.3 is 9.67 Å². The highest BCUT2D eigenvalue weighted by Gasteiger charge is 2.51. The van der Waals surface area contributed by atoms with Gasteiger partial charge in [0.1, 0.15) is 0 Å². The zero-order valence-corrected chi connectivity index (χ0v) is 9.10. The lowest BCUT2D eigenvalue weighted by Gasteiger charge is -2.10. The van der Waals surface area contributed by atoms with Crippen molar-refractivity contribution < 1.29 is 9.90 Å². The molecule has 1 aliphatic carbocycles. The molecule has 1 aromatic carbocycles. The van der Waals surface area contributed by atoms with Crippen LogP contribution >= 0.6 is 0 Å². The Morgan fingerprint density at radius 2 is 2.12 bits per heavy atom. The Morgan fingerprint density at radius 1 is 1.38 bits per heavy atom. The van der Waals surface area contributed by atoms with E-state index in [1.807, 2.05) is 42.1 Å². The van der Waals surface area contributed by atoms with Crippen LogP contribution in [0.2, 0.25) is 0 Å². The second-order valence-electron chi connectivity index (χ2n) is 4.59. The van der Waals surface area contributed by atoms with E-state index in [0.717, 1.165) is 29.3 Å². The summed E-state index contributed by atoms with van der Waals surface area (Å²) in [4.78, 5) is 11.2. The molecule has 1 aliphatic rings. The molecule has 0 unspecified atom stereocenters. The van der Waals surface area contributed by atoms with E-state index in [-0.39, 0.29) is 0 Å². The lowest BCUT2D eigenvalue weighted by Crippen LogP contribution is -2.19. The van der Waals surface area contributed by atoms with Gasteiger partial charge in [0.2, 0.25) is 0 Å². The Bertz CT molecular complexity index is 579. The average molecular weight is 215 g/mol. The van der Waals surface area contributed by atoms with Gasteiger partial charge in [-0.1, -0.05) is 6.07 Å². The van der Waals surface area contributed by atoms with E-state index in [0.29, 0.717) is 0 Å². The molecule has 1 aromatic heterocycles. The highest BCUT2D eigenvalue weighted by molar-refractivity contribution is 5.88. The molecule has 1 saturated carbocycles. The van der Waals surface area contributed by atoms with Crippen LogP contribution in [0.4, 0.5) is 0 Å². The number of aryl methyl sites for hydroxylation is 1. The summed E-state index contributed by atoms with van der Waals surface area (Å²) in [5, 5.41) is 10.3. The molecule has 3 nitrogen and oxygen atoms in total. The second kappa shape index (κ2) is 2.88. The van der Waals surface area contributed by atoms with Gasteiger partial charge in [0.25, 0.3) is 0 Å². The molecule has 82 valence electrons. The Labute approximate surface area is 93.3 Å². The van der Waals surface area contributed by atoms with Gasteiger partial charge in [-0.3, -0.25) is 4.79 Å². The molecule has 1 N–H and O–H groups in total. The average Bonchev–Trinajstić information content (AvgIpc) is 3.00. The summed E-state index contributed by atoms with van der Waals surface area (Å²) in [6, 6.07) is 7.99. The van der Waals surface area contributed by atoms with Crippen molar-refractivity contribution in [3.63, 3.8) is 0 Å². The van der Waals surface area contributed by atoms with Crippen molar-refractivity contribution in [1.82, 2.24) is 4.57 Å². The van der Waals surface area contributed by atoms with E-state index in [2.05, 4.69) is 0 Å². The van der Waals surface area contributed by atoms with Gasteiger partial charge in [-0.25, -0.2) is 0 Å². The minimum absolute atomic E-state index is 0.593. The molecule has 0 spiro atoms. The topological polar surface area (TPSA) is 42.2 Å². The molecule has 3 rings (SSSR count). The molecule has 3 heteroatoms. The molecule has 0 amide bonds. The molecule has 1 fully saturated rings. The zero-order chi connectivity index (χ0) is 11.3. The van der Waals surface area contributed by atoms with E-state index in [1.165, 1.54) is 0 Å². The van der Waals surface area contributed by atoms with Crippen LogP contribution in [0, 0.1) is 0 Å². The van der Waals surface area contributed by atoms with E-state index in [1.54, 1.807) is 0 Å². The maximum atomic E-state index is 11.2. The van der Waals surface area contributed by atoms with Crippen LogP contribution in [0.3, 0.4) is 0 Å². The molecular formula is C13H13NO2. The number of benzene rings is 1. The van der Waals surface area contributed by atoms with Crippen LogP contribution in [0.15, 0.2) is 30.5 Å². The lowest BCUT2D eigenvalue weighted by molar-refractivity contribution is -0.140. The fraction of sp³-hybridized carbons (Fsp3) is 0.308. The number of hydrogen-bond donors (Lipinski definition) is 1. The first-order valence-electron chi connectivity index (χ1n) is 5.42. The molecule has 1 heterocycles. The van der Waals surface area contributed by atoms with Gasteiger partial charge in [-0.05, 0) is 42.0 Å². The predicted octanol–water partition coefficient (Wildman–Crippen LogP) is 2.29. The number of aliphatic carboxylic acids is 1. The maximum absolute atomic E-state index is 11.2. The first-order chi connectivity index (χ1) is 7.63. The van der Waals surface area contributed by atoms with Crippen molar-refractivity contribution in [1.29, 1.82) is 0 Å². The summed E-state index contributed by atoms with van der Waals surface area (Å²) in [7, 11) is 1.99. The Balaban J connectivity index is 2.16. The number of carboxylic acids is 1. The normalized spacial score (nSPS) is 17.6. The summed E-state index contributed by atoms with van der Waals surface area (Å²) in [6.45, 7) is 0. The molecule has 0 bridgehead atoms. The number of carbonyl (C=O) groups is 1. The number of carboxylic acid groups (broad SMARTS) is 1. The maximum Gasteiger partial charge on any atom is 0.314 e. The SMILES string of the molecule is Cn1ccc2cc(C3(C(=O)O)CC3)ccc21. The van der Waals surface area contributed by atoms with Crippen molar-refractivity contribution in [2.45, 2.75) is 18.3 Å². The molecule has 0 atom stereocenters. The van der Waals surface area contributed by atoms with E-state index >= 15 is 0 Å². The van der Waals surface area contributed by atoms with Gasteiger partial charge >= 0.3 is 5.97 Å². The van der Waals surface area contributed by atoms with Crippen LogP contribution in [0.1, 0.15) is 18.4 Å². The van der Waals surface area contributed by atoms with Crippen molar-refractivity contribution in [3.05, 3.63) is 36.0 Å². The van der Waals surface area contributed by atoms with Gasteiger partial charge in [0.15, 0.2) is 0 Å². The van der Waals surface area contributed by atoms with Crippen molar-refractivity contribution in [3.8, 4) is 0 Å². The van der Waals surface area contributed by atoms with E-state index in [9.17, 15) is 9.90 Å². The number of nitrogens with zero attached hydrogens (tertiary/aromatic N) is 1. The summed E-state index contributed by atoms with van der Waals surface area (Å²) in [6.07, 6.45) is 3.52. The second-order valence-corrected chi connectivity index (χ2v) is 4.59. The summed E-state index contributed by atoms with van der Waals surface area (Å²) >= 11 is 0. The third-order valence-electron chi connectivity index (χ3n) is 3.60. The zero-order valence-electron chi connectivity index (χ0n) is 9.10. The first kappa shape index (κ1) is 9.46. The van der Waals surface area contributed by atoms with E-state index in [4.69, 9.17) is 0 Å². The van der Waals surface area contributed by atoms with Crippen molar-refractivity contribution >= 4 is 16.9 Å². The molecule has 0 radical (unpaired) electrons. The van der Waals surface area contributed by atoms with Crippen LogP contribution in [-0.2, 0) is 17.3 Å². The largest absolute Gasteiger partial charge is 0.481 e. The van der Waals surface area contributed by atoms with E-state index < -0.39 is 11.4 Å². The van der Waals surface area contributed by atoms with Crippen LogP contribution in [0.25, 0.3) is 10.9 Å². The molecule has 0 saturated heterocycles. The highest BCUT2D eigenvalue weighted by atomic mass is 16.4. The van der Waals surface area contributed by atoms with Crippen LogP contribution < -0.4 is 0 Å². The number of rotatable bonds is 2. The minimum Gasteiger partial charge on any atom is -0.481 e. The summed E-state index contributed by atoms with van der Waals surface area (Å²) in [5.74, 6) is -0.692. The molecule has 16 heavy (non-hydrogen) atoms. The Hall–Kier alpha value is -1.77. The van der Waals surface area contributed by atoms with Crippen LogP contribution in [0.5, 0.6) is 0 Å². The fourth-order valence-electron chi connectivity index (χ4n) is 2.33. The third kappa shape index (κ3) is 1.11. The minimum atomic E-state index is -0.692. The quantitative estimate of drug-likeness (QED) is 0.835. The summed E-state index contributed by atoms with van der Waals surface area (Å²) < 4.78 is 2.04. The number of hydrogen-bond acceptors (Lipinski definition) is 1. The Kier molecular flexibility index (Phi) is 1.70. The highest BCUT2D eigenvalue weighted by Crippen LogP contribution is 2.48. The van der Waals surface area contributed by atoms with Crippen LogP contribution in [-0.4, -0.2) is 15.6 Å². The van der Waals surface area contributed by atoms with Gasteiger partial charge in [-0.2, -0.15) is 0 Å². The third-order valence-corrected chi connectivity index (χ3v) is 3.60. The fourth-order valence-corrected chi connectivity index (χ4v) is 2.33. The lowest BCUT2D eigenvalue weighted by atomic mass is 9.95. The first-order valence-corrected chi connectivity index (χ1v) is 5.42. The Morgan fingerprint density at radius 3 is 2.75 bits per heavy atom. The molecule has 2 aromatic rings. The monoisotopic (exact) mass is 215 g/mol. The summed E-state index contributed by atoms with van der Waals surface area (Å²) in [5.41, 5.74) is 1.49. The van der Waals surface area contributed by atoms with Gasteiger partial charge in [0, 0.05) is 18.8 Å². The number of aromatic nitrogens is 1. The molecular weight excluding hydrogens is 202 g/mol. The standard InChI is InChI=1S/C13H13NO2/c1-14-7-4-9-8-10(2-3-11(9)14)13(5-6-13)12(15)16/h2-4,7-8H,5-6H2,1H3,(H,15,16). The number of fused-ring (bicyclic) bond motifs is 1. The van der Waals surface area contributed by atoms with Crippen molar-refractivity contribution in [2.75, 3.05) is 0 Å². The van der Waals surface area contributed by atoms with Gasteiger partial charge in [0.05, 0.1) is 5.41 Å².